The van der Waals surface area contributed by atoms with Crippen molar-refractivity contribution < 1.29 is 9.66 Å². The second-order valence-corrected chi connectivity index (χ2v) is 6.64. The van der Waals surface area contributed by atoms with Crippen LogP contribution in [-0.2, 0) is 17.8 Å². The van der Waals surface area contributed by atoms with E-state index in [1.807, 2.05) is 18.2 Å². The van der Waals surface area contributed by atoms with Gasteiger partial charge in [0.1, 0.15) is 0 Å². The Bertz CT molecular complexity index is 792. The molecule has 0 unspecified atom stereocenters. The van der Waals surface area contributed by atoms with Crippen molar-refractivity contribution in [3.8, 4) is 0 Å². The minimum atomic E-state index is -0.403. The van der Waals surface area contributed by atoms with Gasteiger partial charge in [-0.05, 0) is 17.7 Å². The Morgan fingerprint density at radius 2 is 1.97 bits per heavy atom. The van der Waals surface area contributed by atoms with E-state index in [-0.39, 0.29) is 5.69 Å². The number of hydrogen-bond acceptors (Lipinski definition) is 6. The van der Waals surface area contributed by atoms with Crippen LogP contribution in [0.4, 0.5) is 5.69 Å². The van der Waals surface area contributed by atoms with Crippen molar-refractivity contribution in [1.29, 1.82) is 0 Å². The average molecular weight is 398 g/mol. The van der Waals surface area contributed by atoms with Crippen molar-refractivity contribution in [2.75, 3.05) is 39.4 Å². The molecule has 0 saturated carbocycles. The van der Waals surface area contributed by atoms with E-state index in [0.717, 1.165) is 50.7 Å². The molecule has 154 valence electrons. The predicted octanol–water partition coefficient (Wildman–Crippen LogP) is 1.56. The molecule has 1 saturated heterocycles. The van der Waals surface area contributed by atoms with E-state index in [2.05, 4.69) is 25.5 Å². The van der Waals surface area contributed by atoms with Crippen LogP contribution < -0.4 is 10.6 Å². The maximum Gasteiger partial charge on any atom is 0.269 e. The van der Waals surface area contributed by atoms with Gasteiger partial charge in [-0.3, -0.25) is 20.0 Å². The number of non-ortho nitro benzene ring substituents is 1. The maximum absolute atomic E-state index is 10.8. The van der Waals surface area contributed by atoms with E-state index in [1.165, 1.54) is 12.1 Å². The Hall–Kier alpha value is -3.04. The molecule has 1 aliphatic heterocycles. The monoisotopic (exact) mass is 398 g/mol. The van der Waals surface area contributed by atoms with Crippen LogP contribution in [-0.4, -0.2) is 60.2 Å². The lowest BCUT2D eigenvalue weighted by atomic mass is 10.2. The fourth-order valence-electron chi connectivity index (χ4n) is 2.90. The number of ether oxygens (including phenoxy) is 1. The van der Waals surface area contributed by atoms with Crippen LogP contribution in [0.1, 0.15) is 11.3 Å². The number of guanidine groups is 1. The van der Waals surface area contributed by atoms with Gasteiger partial charge in [-0.25, -0.2) is 4.99 Å². The van der Waals surface area contributed by atoms with Crippen molar-refractivity contribution in [2.24, 2.45) is 4.99 Å². The minimum Gasteiger partial charge on any atom is -0.379 e. The third-order valence-electron chi connectivity index (χ3n) is 4.55. The van der Waals surface area contributed by atoms with Gasteiger partial charge in [-0.1, -0.05) is 18.2 Å². The highest BCUT2D eigenvalue weighted by Crippen LogP contribution is 2.12. The van der Waals surface area contributed by atoms with E-state index in [9.17, 15) is 10.1 Å². The molecule has 2 aromatic rings. The van der Waals surface area contributed by atoms with E-state index < -0.39 is 4.92 Å². The molecule has 2 heterocycles. The normalized spacial score (nSPS) is 15.1. The number of hydrogen-bond donors (Lipinski definition) is 2. The number of aliphatic imine (C=N–C) groups is 1. The molecule has 0 amide bonds. The lowest BCUT2D eigenvalue weighted by molar-refractivity contribution is -0.384. The van der Waals surface area contributed by atoms with Crippen LogP contribution in [0.5, 0.6) is 0 Å². The summed E-state index contributed by atoms with van der Waals surface area (Å²) in [6, 6.07) is 12.2. The molecule has 0 bridgehead atoms. The van der Waals surface area contributed by atoms with E-state index in [0.29, 0.717) is 19.0 Å². The molecule has 0 spiro atoms. The highest BCUT2D eigenvalue weighted by molar-refractivity contribution is 5.79. The molecule has 0 radical (unpaired) electrons. The third-order valence-corrected chi connectivity index (χ3v) is 4.55. The molecular weight excluding hydrogens is 372 g/mol. The Labute approximate surface area is 170 Å². The number of nitrogens with one attached hydrogen (secondary N) is 2. The standard InChI is InChI=1S/C20H26N6O3/c27-26(28)19-6-4-17(5-7-19)15-23-20(24-16-18-3-1-2-8-21-18)22-9-10-25-11-13-29-14-12-25/h1-8H,9-16H2,(H2,22,23,24). The smallest absolute Gasteiger partial charge is 0.269 e. The second-order valence-electron chi connectivity index (χ2n) is 6.64. The number of nitrogens with zero attached hydrogens (tertiary/aromatic N) is 4. The van der Waals surface area contributed by atoms with Gasteiger partial charge < -0.3 is 15.4 Å². The summed E-state index contributed by atoms with van der Waals surface area (Å²) >= 11 is 0. The number of benzene rings is 1. The average Bonchev–Trinajstić information content (AvgIpc) is 2.77. The number of rotatable bonds is 8. The molecule has 1 aromatic heterocycles. The van der Waals surface area contributed by atoms with Gasteiger partial charge in [0.25, 0.3) is 5.69 Å². The second kappa shape index (κ2) is 11.1. The Kier molecular flexibility index (Phi) is 7.90. The van der Waals surface area contributed by atoms with Crippen molar-refractivity contribution in [1.82, 2.24) is 20.5 Å². The summed E-state index contributed by atoms with van der Waals surface area (Å²) in [7, 11) is 0. The van der Waals surface area contributed by atoms with Crippen molar-refractivity contribution >= 4 is 11.6 Å². The highest BCUT2D eigenvalue weighted by Gasteiger charge is 2.10. The van der Waals surface area contributed by atoms with Gasteiger partial charge in [0.05, 0.1) is 36.9 Å². The third kappa shape index (κ3) is 7.13. The van der Waals surface area contributed by atoms with E-state index in [4.69, 9.17) is 4.74 Å². The lowest BCUT2D eigenvalue weighted by Gasteiger charge is -2.26. The summed E-state index contributed by atoms with van der Waals surface area (Å²) in [6.45, 7) is 6.09. The molecule has 1 aliphatic rings. The Morgan fingerprint density at radius 3 is 2.66 bits per heavy atom. The van der Waals surface area contributed by atoms with Gasteiger partial charge >= 0.3 is 0 Å². The zero-order valence-corrected chi connectivity index (χ0v) is 16.3. The number of aromatic nitrogens is 1. The van der Waals surface area contributed by atoms with Gasteiger partial charge in [-0.2, -0.15) is 0 Å². The molecule has 1 aromatic carbocycles. The number of nitro groups is 1. The molecule has 29 heavy (non-hydrogen) atoms. The SMILES string of the molecule is O=[N+]([O-])c1ccc(CN=C(NCCN2CCOCC2)NCc2ccccn2)cc1. The lowest BCUT2D eigenvalue weighted by Crippen LogP contribution is -2.44. The molecule has 0 aliphatic carbocycles. The Morgan fingerprint density at radius 1 is 1.17 bits per heavy atom. The van der Waals surface area contributed by atoms with Crippen molar-refractivity contribution in [3.05, 3.63) is 70.0 Å². The summed E-state index contributed by atoms with van der Waals surface area (Å²) in [4.78, 5) is 21.7. The zero-order valence-electron chi connectivity index (χ0n) is 16.3. The quantitative estimate of drug-likeness (QED) is 0.301. The molecular formula is C20H26N6O3. The van der Waals surface area contributed by atoms with Crippen LogP contribution in [0.2, 0.25) is 0 Å². The first-order chi connectivity index (χ1) is 14.2. The molecule has 3 rings (SSSR count). The van der Waals surface area contributed by atoms with Gasteiger partial charge in [0, 0.05) is 44.5 Å². The highest BCUT2D eigenvalue weighted by atomic mass is 16.6. The number of nitro benzene ring substituents is 1. The van der Waals surface area contributed by atoms with Crippen LogP contribution in [0.25, 0.3) is 0 Å². The van der Waals surface area contributed by atoms with Crippen LogP contribution >= 0.6 is 0 Å². The fourth-order valence-corrected chi connectivity index (χ4v) is 2.90. The summed E-state index contributed by atoms with van der Waals surface area (Å²) in [6.07, 6.45) is 1.76. The maximum atomic E-state index is 10.8. The fraction of sp³-hybridized carbons (Fsp3) is 0.400. The molecule has 2 N–H and O–H groups in total. The minimum absolute atomic E-state index is 0.0786. The van der Waals surface area contributed by atoms with Crippen LogP contribution in [0, 0.1) is 10.1 Å². The summed E-state index contributed by atoms with van der Waals surface area (Å²) < 4.78 is 5.38. The number of pyridine rings is 1. The number of morpholine rings is 1. The molecule has 9 nitrogen and oxygen atoms in total. The summed E-state index contributed by atoms with van der Waals surface area (Å²) in [5, 5.41) is 17.4. The van der Waals surface area contributed by atoms with Gasteiger partial charge in [0.2, 0.25) is 0 Å². The van der Waals surface area contributed by atoms with Crippen LogP contribution in [0.3, 0.4) is 0 Å². The van der Waals surface area contributed by atoms with Gasteiger partial charge in [0.15, 0.2) is 5.96 Å². The first kappa shape index (κ1) is 20.7. The summed E-state index contributed by atoms with van der Waals surface area (Å²) in [5.41, 5.74) is 1.91. The zero-order chi connectivity index (χ0) is 20.3. The van der Waals surface area contributed by atoms with Crippen molar-refractivity contribution in [2.45, 2.75) is 13.1 Å². The first-order valence-corrected chi connectivity index (χ1v) is 9.66. The first-order valence-electron chi connectivity index (χ1n) is 9.66. The largest absolute Gasteiger partial charge is 0.379 e. The Balaban J connectivity index is 1.57. The topological polar surface area (TPSA) is 105 Å². The van der Waals surface area contributed by atoms with Crippen molar-refractivity contribution in [3.63, 3.8) is 0 Å². The molecule has 1 fully saturated rings. The van der Waals surface area contributed by atoms with Crippen LogP contribution in [0.15, 0.2) is 53.7 Å². The summed E-state index contributed by atoms with van der Waals surface area (Å²) in [5.74, 6) is 0.683. The van der Waals surface area contributed by atoms with E-state index >= 15 is 0 Å². The van der Waals surface area contributed by atoms with E-state index in [1.54, 1.807) is 18.3 Å². The predicted molar refractivity (Wildman–Crippen MR) is 111 cm³/mol. The molecule has 0 atom stereocenters. The van der Waals surface area contributed by atoms with Gasteiger partial charge in [-0.15, -0.1) is 0 Å². The molecule has 9 heteroatoms.